The second-order valence-electron chi connectivity index (χ2n) is 13.7. The number of fused-ring (bicyclic) bond motifs is 1. The van der Waals surface area contributed by atoms with Gasteiger partial charge in [-0.2, -0.15) is 13.2 Å². The zero-order valence-electron chi connectivity index (χ0n) is 30.2. The number of H-pyrrole nitrogens is 1. The molecule has 2 aromatic heterocycles. The number of amides is 1. The summed E-state index contributed by atoms with van der Waals surface area (Å²) in [6, 6.07) is 21.6. The second kappa shape index (κ2) is 16.9. The first-order chi connectivity index (χ1) is 26.4. The van der Waals surface area contributed by atoms with Crippen molar-refractivity contribution in [3.8, 4) is 11.5 Å². The van der Waals surface area contributed by atoms with Crippen LogP contribution in [0.1, 0.15) is 40.9 Å². The number of aromatic amines is 1. The smallest absolute Gasteiger partial charge is 0.446 e. The van der Waals surface area contributed by atoms with Gasteiger partial charge in [-0.15, -0.1) is 0 Å². The Morgan fingerprint density at radius 3 is 2.56 bits per heavy atom. The number of anilines is 1. The molecule has 5 aromatic rings. The Morgan fingerprint density at radius 1 is 1.04 bits per heavy atom. The molecule has 0 aliphatic carbocycles. The van der Waals surface area contributed by atoms with Crippen molar-refractivity contribution in [3.05, 3.63) is 112 Å². The van der Waals surface area contributed by atoms with Crippen LogP contribution in [0, 0.1) is 0 Å². The van der Waals surface area contributed by atoms with E-state index in [0.717, 1.165) is 80.3 Å². The largest absolute Gasteiger partial charge is 0.455 e. The topological polar surface area (TPSA) is 97.0 Å². The van der Waals surface area contributed by atoms with Crippen molar-refractivity contribution < 1.29 is 27.8 Å². The summed E-state index contributed by atoms with van der Waals surface area (Å²) in [5, 5.41) is 11.6. The third kappa shape index (κ3) is 9.80. The fourth-order valence-electron chi connectivity index (χ4n) is 6.87. The molecular weight excluding hydrogens is 769 g/mol. The van der Waals surface area contributed by atoms with Crippen LogP contribution in [0.2, 0.25) is 5.02 Å². The fraction of sp³-hybridized carbons (Fsp3) is 0.300. The van der Waals surface area contributed by atoms with Gasteiger partial charge < -0.3 is 24.6 Å². The Balaban J connectivity index is 1.08. The Kier molecular flexibility index (Phi) is 12.0. The molecule has 4 heterocycles. The molecule has 1 amide bonds. The Hall–Kier alpha value is -4.18. The number of hydrogen-bond acceptors (Lipinski definition) is 9. The molecule has 1 unspecified atom stereocenters. The summed E-state index contributed by atoms with van der Waals surface area (Å²) in [5.74, 6) is 0.275. The molecule has 7 rings (SSSR count). The number of likely N-dealkylation sites (N-methyl/N-ethyl adjacent to an activating group) is 1. The van der Waals surface area contributed by atoms with Gasteiger partial charge in [-0.25, -0.2) is 4.98 Å². The average molecular weight is 809 g/mol. The predicted molar refractivity (Wildman–Crippen MR) is 214 cm³/mol. The number of aliphatic hydroxyl groups is 1. The Bertz CT molecular complexity index is 2190. The molecule has 1 atom stereocenters. The highest BCUT2D eigenvalue weighted by atomic mass is 35.5. The number of nitrogens with one attached hydrogen (secondary N) is 2. The highest BCUT2D eigenvalue weighted by Crippen LogP contribution is 2.42. The van der Waals surface area contributed by atoms with Gasteiger partial charge in [0, 0.05) is 84.0 Å². The zero-order chi connectivity index (χ0) is 38.7. The van der Waals surface area contributed by atoms with Crippen LogP contribution in [0.25, 0.3) is 16.6 Å². The van der Waals surface area contributed by atoms with E-state index in [1.54, 1.807) is 24.5 Å². The van der Waals surface area contributed by atoms with Gasteiger partial charge in [0.15, 0.2) is 0 Å². The van der Waals surface area contributed by atoms with E-state index in [-0.39, 0.29) is 27.8 Å². The van der Waals surface area contributed by atoms with E-state index in [1.165, 1.54) is 35.8 Å². The molecule has 1 saturated heterocycles. The van der Waals surface area contributed by atoms with Crippen LogP contribution < -0.4 is 14.4 Å². The number of halogens is 4. The lowest BCUT2D eigenvalue weighted by atomic mass is 9.93. The summed E-state index contributed by atoms with van der Waals surface area (Å²) < 4.78 is 49.0. The van der Waals surface area contributed by atoms with Gasteiger partial charge in [-0.05, 0) is 115 Å². The van der Waals surface area contributed by atoms with Crippen LogP contribution in [0.15, 0.2) is 101 Å². The van der Waals surface area contributed by atoms with Crippen molar-refractivity contribution in [1.82, 2.24) is 24.5 Å². The van der Waals surface area contributed by atoms with E-state index in [9.17, 15) is 23.1 Å². The van der Waals surface area contributed by atoms with Crippen LogP contribution in [0.4, 0.5) is 18.9 Å². The van der Waals surface area contributed by atoms with E-state index < -0.39 is 17.5 Å². The van der Waals surface area contributed by atoms with Gasteiger partial charge in [0.1, 0.15) is 17.1 Å². The fourth-order valence-corrected chi connectivity index (χ4v) is 8.50. The molecule has 0 saturated carbocycles. The molecule has 55 heavy (non-hydrogen) atoms. The van der Waals surface area contributed by atoms with Gasteiger partial charge in [0.2, 0.25) is 0 Å². The summed E-state index contributed by atoms with van der Waals surface area (Å²) in [6.45, 7) is 7.51. The maximum absolute atomic E-state index is 13.7. The number of carbonyl (C=O) groups is 1. The van der Waals surface area contributed by atoms with Crippen molar-refractivity contribution in [1.29, 1.82) is 0 Å². The molecule has 2 aliphatic heterocycles. The number of pyridine rings is 1. The average Bonchev–Trinajstić information content (AvgIpc) is 3.63. The standard InChI is InChI=1S/C40H40ClF3N6O3S2/c1-25(51)33-10-8-32(21-37(33)54-40(42,43)44)55-47-39(52)34-9-7-30(20-36(34)53-31-19-27-11-13-45-38(27)46-22-31)50-17-15-49(16-18-50)23-28-12-14-48(2)24-35(28)26-3-5-29(41)6-4-26/h3-11,13,19-22,25,51H,12,14-18,23-24H2,1-2H3,(H,45,46)(H,47,52). The SMILES string of the molecule is CC(O)c1ccc(SNC(=O)c2ccc(N3CCN(CC4=C(c5ccc(Cl)cc5)CN(C)CC4)CC3)cc2Oc2cnc3[nH]ccc3c2)cc1SC(F)(F)F. The summed E-state index contributed by atoms with van der Waals surface area (Å²) in [5.41, 5.74) is 1.50. The van der Waals surface area contributed by atoms with Crippen LogP contribution in [0.5, 0.6) is 11.5 Å². The Labute approximate surface area is 331 Å². The number of aliphatic hydroxyl groups excluding tert-OH is 1. The first-order valence-corrected chi connectivity index (χ1v) is 19.8. The molecule has 0 spiro atoms. The van der Waals surface area contributed by atoms with Crippen molar-refractivity contribution >= 4 is 63.5 Å². The molecule has 3 N–H and O–H groups in total. The van der Waals surface area contributed by atoms with E-state index in [1.807, 2.05) is 36.4 Å². The zero-order valence-corrected chi connectivity index (χ0v) is 32.6. The van der Waals surface area contributed by atoms with Crippen LogP contribution in [0.3, 0.4) is 0 Å². The Morgan fingerprint density at radius 2 is 1.82 bits per heavy atom. The number of thioether (sulfide) groups is 1. The molecule has 0 radical (unpaired) electrons. The van der Waals surface area contributed by atoms with Gasteiger partial charge in [-0.3, -0.25) is 14.4 Å². The normalized spacial score (nSPS) is 16.5. The lowest BCUT2D eigenvalue weighted by Crippen LogP contribution is -2.47. The number of rotatable bonds is 11. The number of alkyl halides is 3. The number of ether oxygens (including phenoxy) is 1. The number of hydrogen-bond donors (Lipinski definition) is 3. The molecule has 2 aliphatic rings. The van der Waals surface area contributed by atoms with Crippen molar-refractivity contribution in [2.45, 2.75) is 34.7 Å². The van der Waals surface area contributed by atoms with Crippen LogP contribution in [-0.4, -0.2) is 89.2 Å². The van der Waals surface area contributed by atoms with Gasteiger partial charge >= 0.3 is 5.51 Å². The van der Waals surface area contributed by atoms with Crippen LogP contribution in [-0.2, 0) is 0 Å². The quantitative estimate of drug-likeness (QED) is 0.0893. The van der Waals surface area contributed by atoms with E-state index in [2.05, 4.69) is 48.6 Å². The van der Waals surface area contributed by atoms with E-state index in [0.29, 0.717) is 22.0 Å². The third-order valence-electron chi connectivity index (χ3n) is 9.73. The predicted octanol–water partition coefficient (Wildman–Crippen LogP) is 9.02. The monoisotopic (exact) mass is 808 g/mol. The summed E-state index contributed by atoms with van der Waals surface area (Å²) in [7, 11) is 2.15. The maximum Gasteiger partial charge on any atom is 0.446 e. The summed E-state index contributed by atoms with van der Waals surface area (Å²) in [4.78, 5) is 28.5. The van der Waals surface area contributed by atoms with Gasteiger partial charge in [0.05, 0.1) is 17.9 Å². The maximum atomic E-state index is 13.7. The summed E-state index contributed by atoms with van der Waals surface area (Å²) >= 11 is 6.77. The van der Waals surface area contributed by atoms with Gasteiger partial charge in [-0.1, -0.05) is 29.8 Å². The number of aromatic nitrogens is 2. The van der Waals surface area contributed by atoms with E-state index in [4.69, 9.17) is 16.3 Å². The molecule has 1 fully saturated rings. The highest BCUT2D eigenvalue weighted by molar-refractivity contribution is 8.00. The minimum atomic E-state index is -4.54. The third-order valence-corrected chi connectivity index (χ3v) is 11.6. The van der Waals surface area contributed by atoms with E-state index >= 15 is 0 Å². The lowest BCUT2D eigenvalue weighted by molar-refractivity contribution is -0.0329. The molecule has 3 aromatic carbocycles. The van der Waals surface area contributed by atoms with Crippen molar-refractivity contribution in [2.75, 3.05) is 57.8 Å². The van der Waals surface area contributed by atoms with Crippen molar-refractivity contribution in [3.63, 3.8) is 0 Å². The lowest BCUT2D eigenvalue weighted by Gasteiger charge is -2.38. The summed E-state index contributed by atoms with van der Waals surface area (Å²) in [6.07, 6.45) is 3.29. The second-order valence-corrected chi connectivity index (χ2v) is 16.1. The number of nitrogens with zero attached hydrogens (tertiary/aromatic N) is 4. The molecule has 0 bridgehead atoms. The minimum absolute atomic E-state index is 0.132. The minimum Gasteiger partial charge on any atom is -0.455 e. The number of piperazine rings is 1. The van der Waals surface area contributed by atoms with Crippen LogP contribution >= 0.6 is 35.3 Å². The number of carbonyl (C=O) groups excluding carboxylic acids is 1. The highest BCUT2D eigenvalue weighted by Gasteiger charge is 2.31. The molecule has 9 nitrogen and oxygen atoms in total. The molecule has 288 valence electrons. The number of benzene rings is 3. The first kappa shape index (κ1) is 39.1. The van der Waals surface area contributed by atoms with Gasteiger partial charge in [0.25, 0.3) is 5.91 Å². The molecular formula is C40H40ClF3N6O3S2. The first-order valence-electron chi connectivity index (χ1n) is 17.8. The van der Waals surface area contributed by atoms with Crippen molar-refractivity contribution in [2.24, 2.45) is 0 Å². The molecule has 15 heteroatoms.